The molecular formula is C15H17ClN2O. The summed E-state index contributed by atoms with van der Waals surface area (Å²) in [5.74, 6) is 0.875. The van der Waals surface area contributed by atoms with Crippen molar-refractivity contribution in [2.45, 2.75) is 19.6 Å². The Labute approximate surface area is 118 Å². The van der Waals surface area contributed by atoms with Crippen LogP contribution >= 0.6 is 11.6 Å². The average Bonchev–Trinajstić information content (AvgIpc) is 2.46. The summed E-state index contributed by atoms with van der Waals surface area (Å²) in [6.45, 7) is 2.13. The van der Waals surface area contributed by atoms with Crippen molar-refractivity contribution in [1.29, 1.82) is 0 Å². The van der Waals surface area contributed by atoms with Gasteiger partial charge in [0.1, 0.15) is 5.82 Å². The first-order valence-electron chi connectivity index (χ1n) is 6.16. The summed E-state index contributed by atoms with van der Waals surface area (Å²) in [6, 6.07) is 11.8. The van der Waals surface area contributed by atoms with Gasteiger partial charge in [-0.25, -0.2) is 4.98 Å². The smallest absolute Gasteiger partial charge is 0.128 e. The third-order valence-corrected chi connectivity index (χ3v) is 3.54. The number of nitrogens with zero attached hydrogens (tertiary/aromatic N) is 2. The van der Waals surface area contributed by atoms with Crippen LogP contribution in [0.25, 0.3) is 0 Å². The van der Waals surface area contributed by atoms with E-state index in [4.69, 9.17) is 16.7 Å². The fourth-order valence-electron chi connectivity index (χ4n) is 1.88. The van der Waals surface area contributed by atoms with E-state index in [1.165, 1.54) is 5.56 Å². The van der Waals surface area contributed by atoms with Gasteiger partial charge in [0.2, 0.25) is 0 Å². The molecule has 0 saturated carbocycles. The number of aliphatic hydroxyl groups excluding tert-OH is 1. The number of aliphatic hydroxyl groups is 1. The molecule has 0 aliphatic rings. The monoisotopic (exact) mass is 276 g/mol. The predicted octanol–water partition coefficient (Wildman–Crippen LogP) is 3.42. The van der Waals surface area contributed by atoms with E-state index in [1.807, 2.05) is 43.4 Å². The molecule has 4 heteroatoms. The van der Waals surface area contributed by atoms with Gasteiger partial charge in [0, 0.05) is 18.3 Å². The van der Waals surface area contributed by atoms with E-state index in [0.717, 1.165) is 16.4 Å². The van der Waals surface area contributed by atoms with E-state index >= 15 is 0 Å². The summed E-state index contributed by atoms with van der Waals surface area (Å²) in [4.78, 5) is 6.44. The van der Waals surface area contributed by atoms with Crippen LogP contribution < -0.4 is 4.90 Å². The number of rotatable bonds is 4. The summed E-state index contributed by atoms with van der Waals surface area (Å²) in [7, 11) is 2.00. The molecule has 1 unspecified atom stereocenters. The highest BCUT2D eigenvalue weighted by Gasteiger charge is 2.13. The van der Waals surface area contributed by atoms with E-state index < -0.39 is 0 Å². The highest BCUT2D eigenvalue weighted by atomic mass is 35.5. The molecule has 0 amide bonds. The van der Waals surface area contributed by atoms with Crippen molar-refractivity contribution >= 4 is 17.4 Å². The Morgan fingerprint density at radius 2 is 1.89 bits per heavy atom. The lowest BCUT2D eigenvalue weighted by Gasteiger charge is -2.26. The minimum absolute atomic E-state index is 0.0176. The van der Waals surface area contributed by atoms with Crippen LogP contribution in [0.1, 0.15) is 24.1 Å². The van der Waals surface area contributed by atoms with Gasteiger partial charge in [0.05, 0.1) is 12.6 Å². The van der Waals surface area contributed by atoms with E-state index in [0.29, 0.717) is 0 Å². The zero-order valence-electron chi connectivity index (χ0n) is 11.0. The highest BCUT2D eigenvalue weighted by molar-refractivity contribution is 6.30. The molecule has 0 bridgehead atoms. The van der Waals surface area contributed by atoms with Gasteiger partial charge in [-0.3, -0.25) is 0 Å². The number of pyridine rings is 1. The lowest BCUT2D eigenvalue weighted by molar-refractivity contribution is 0.281. The fourth-order valence-corrected chi connectivity index (χ4v) is 2.01. The van der Waals surface area contributed by atoms with Crippen molar-refractivity contribution in [3.63, 3.8) is 0 Å². The number of anilines is 1. The van der Waals surface area contributed by atoms with E-state index in [-0.39, 0.29) is 12.6 Å². The van der Waals surface area contributed by atoms with Gasteiger partial charge < -0.3 is 10.0 Å². The third kappa shape index (κ3) is 3.25. The van der Waals surface area contributed by atoms with Crippen LogP contribution in [0.3, 0.4) is 0 Å². The van der Waals surface area contributed by atoms with Gasteiger partial charge in [0.25, 0.3) is 0 Å². The molecule has 0 saturated heterocycles. The van der Waals surface area contributed by atoms with Crippen LogP contribution in [-0.2, 0) is 6.61 Å². The molecule has 3 nitrogen and oxygen atoms in total. The Morgan fingerprint density at radius 1 is 1.21 bits per heavy atom. The molecule has 100 valence electrons. The van der Waals surface area contributed by atoms with Crippen LogP contribution in [0.15, 0.2) is 42.6 Å². The van der Waals surface area contributed by atoms with E-state index in [9.17, 15) is 0 Å². The van der Waals surface area contributed by atoms with Gasteiger partial charge in [-0.1, -0.05) is 29.8 Å². The van der Waals surface area contributed by atoms with Crippen molar-refractivity contribution in [2.75, 3.05) is 11.9 Å². The van der Waals surface area contributed by atoms with E-state index in [1.54, 1.807) is 6.20 Å². The molecule has 1 aromatic heterocycles. The minimum Gasteiger partial charge on any atom is -0.392 e. The maximum atomic E-state index is 9.01. The summed E-state index contributed by atoms with van der Waals surface area (Å²) in [5, 5.41) is 9.75. The molecule has 2 aromatic rings. The third-order valence-electron chi connectivity index (χ3n) is 3.29. The van der Waals surface area contributed by atoms with Gasteiger partial charge in [-0.05, 0) is 36.2 Å². The summed E-state index contributed by atoms with van der Waals surface area (Å²) in [5.41, 5.74) is 2.00. The molecule has 2 rings (SSSR count). The predicted molar refractivity (Wildman–Crippen MR) is 78.4 cm³/mol. The number of benzene rings is 1. The lowest BCUT2D eigenvalue weighted by Crippen LogP contribution is -2.22. The molecule has 19 heavy (non-hydrogen) atoms. The summed E-state index contributed by atoms with van der Waals surface area (Å²) < 4.78 is 0. The SMILES string of the molecule is CC(c1ccc(Cl)cc1)N(C)c1ccc(CO)cn1. The van der Waals surface area contributed by atoms with Crippen LogP contribution in [0.5, 0.6) is 0 Å². The maximum absolute atomic E-state index is 9.01. The Balaban J connectivity index is 2.17. The van der Waals surface area contributed by atoms with Crippen LogP contribution in [-0.4, -0.2) is 17.1 Å². The molecule has 0 aliphatic carbocycles. The first-order valence-corrected chi connectivity index (χ1v) is 6.53. The number of halogens is 1. The topological polar surface area (TPSA) is 36.4 Å². The fraction of sp³-hybridized carbons (Fsp3) is 0.267. The van der Waals surface area contributed by atoms with Crippen molar-refractivity contribution < 1.29 is 5.11 Å². The second-order valence-electron chi connectivity index (χ2n) is 4.52. The standard InChI is InChI=1S/C15H17ClN2O/c1-11(13-4-6-14(16)7-5-13)18(2)15-8-3-12(10-19)9-17-15/h3-9,11,19H,10H2,1-2H3. The van der Waals surface area contributed by atoms with Crippen molar-refractivity contribution in [1.82, 2.24) is 4.98 Å². The van der Waals surface area contributed by atoms with Gasteiger partial charge in [0.15, 0.2) is 0 Å². The van der Waals surface area contributed by atoms with Gasteiger partial charge in [-0.15, -0.1) is 0 Å². The largest absolute Gasteiger partial charge is 0.392 e. The Bertz CT molecular complexity index is 525. The molecule has 0 radical (unpaired) electrons. The van der Waals surface area contributed by atoms with Crippen LogP contribution in [0.2, 0.25) is 5.02 Å². The zero-order valence-corrected chi connectivity index (χ0v) is 11.8. The molecule has 1 atom stereocenters. The number of aromatic nitrogens is 1. The molecule has 0 aliphatic heterocycles. The molecule has 1 N–H and O–H groups in total. The quantitative estimate of drug-likeness (QED) is 0.929. The Kier molecular flexibility index (Phi) is 4.40. The zero-order chi connectivity index (χ0) is 13.8. The van der Waals surface area contributed by atoms with Gasteiger partial charge in [-0.2, -0.15) is 0 Å². The Morgan fingerprint density at radius 3 is 2.42 bits per heavy atom. The first-order chi connectivity index (χ1) is 9.11. The normalized spacial score (nSPS) is 12.2. The average molecular weight is 277 g/mol. The summed E-state index contributed by atoms with van der Waals surface area (Å²) >= 11 is 5.90. The molecular weight excluding hydrogens is 260 g/mol. The second-order valence-corrected chi connectivity index (χ2v) is 4.96. The second kappa shape index (κ2) is 6.04. The van der Waals surface area contributed by atoms with Crippen molar-refractivity contribution in [2.24, 2.45) is 0 Å². The van der Waals surface area contributed by atoms with Crippen molar-refractivity contribution in [3.05, 3.63) is 58.7 Å². The highest BCUT2D eigenvalue weighted by Crippen LogP contribution is 2.24. The minimum atomic E-state index is 0.0176. The summed E-state index contributed by atoms with van der Waals surface area (Å²) in [6.07, 6.45) is 1.69. The number of hydrogen-bond acceptors (Lipinski definition) is 3. The lowest BCUT2D eigenvalue weighted by atomic mass is 10.1. The first kappa shape index (κ1) is 13.8. The molecule has 1 aromatic carbocycles. The van der Waals surface area contributed by atoms with Crippen molar-refractivity contribution in [3.8, 4) is 0 Å². The van der Waals surface area contributed by atoms with Crippen LogP contribution in [0.4, 0.5) is 5.82 Å². The van der Waals surface area contributed by atoms with Crippen LogP contribution in [0, 0.1) is 0 Å². The van der Waals surface area contributed by atoms with Gasteiger partial charge >= 0.3 is 0 Å². The molecule has 0 spiro atoms. The number of hydrogen-bond donors (Lipinski definition) is 1. The Hall–Kier alpha value is -1.58. The van der Waals surface area contributed by atoms with E-state index in [2.05, 4.69) is 16.8 Å². The molecule has 1 heterocycles. The maximum Gasteiger partial charge on any atom is 0.128 e. The molecule has 0 fully saturated rings.